The fourth-order valence-corrected chi connectivity index (χ4v) is 3.81. The maximum absolute atomic E-state index is 12.4. The van der Waals surface area contributed by atoms with E-state index in [0.717, 1.165) is 18.4 Å². The minimum atomic E-state index is -3.37. The summed E-state index contributed by atoms with van der Waals surface area (Å²) in [6.45, 7) is 1.01. The number of piperidine rings is 1. The molecule has 22 heavy (non-hydrogen) atoms. The molecule has 1 aliphatic heterocycles. The van der Waals surface area contributed by atoms with Crippen molar-refractivity contribution < 1.29 is 8.42 Å². The summed E-state index contributed by atoms with van der Waals surface area (Å²) in [6, 6.07) is 9.66. The van der Waals surface area contributed by atoms with E-state index in [4.69, 9.17) is 0 Å². The summed E-state index contributed by atoms with van der Waals surface area (Å²) >= 11 is 0. The van der Waals surface area contributed by atoms with Gasteiger partial charge in [-0.25, -0.2) is 13.1 Å². The number of sulfonamides is 1. The van der Waals surface area contributed by atoms with Gasteiger partial charge in [0.15, 0.2) is 0 Å². The molecule has 2 heterocycles. The van der Waals surface area contributed by atoms with Crippen LogP contribution in [0.3, 0.4) is 0 Å². The maximum atomic E-state index is 12.4. The molecular formula is C15H18N4O2S. The zero-order valence-electron chi connectivity index (χ0n) is 12.1. The monoisotopic (exact) mass is 318 g/mol. The van der Waals surface area contributed by atoms with Crippen LogP contribution in [0.15, 0.2) is 48.1 Å². The lowest BCUT2D eigenvalue weighted by Gasteiger charge is -2.30. The van der Waals surface area contributed by atoms with Gasteiger partial charge < -0.3 is 0 Å². The molecule has 0 unspecified atom stereocenters. The first-order chi connectivity index (χ1) is 10.6. The second-order valence-corrected chi connectivity index (χ2v) is 7.09. The van der Waals surface area contributed by atoms with Gasteiger partial charge in [-0.3, -0.25) is 0 Å². The zero-order chi connectivity index (χ0) is 15.4. The predicted molar refractivity (Wildman–Crippen MR) is 84.3 cm³/mol. The van der Waals surface area contributed by atoms with Gasteiger partial charge in [0.2, 0.25) is 10.0 Å². The Morgan fingerprint density at radius 3 is 2.50 bits per heavy atom. The van der Waals surface area contributed by atoms with E-state index >= 15 is 0 Å². The Bertz CT molecular complexity index is 718. The predicted octanol–water partition coefficient (Wildman–Crippen LogP) is 1.92. The van der Waals surface area contributed by atoms with Crippen LogP contribution >= 0.6 is 0 Å². The van der Waals surface area contributed by atoms with E-state index in [2.05, 4.69) is 10.3 Å². The Labute approximate surface area is 130 Å². The molecule has 1 aromatic carbocycles. The Hall–Kier alpha value is -1.99. The van der Waals surface area contributed by atoms with Gasteiger partial charge in [0.05, 0.1) is 12.2 Å². The second kappa shape index (κ2) is 6.41. The average Bonchev–Trinajstić information content (AvgIpc) is 3.09. The van der Waals surface area contributed by atoms with E-state index in [1.54, 1.807) is 12.3 Å². The van der Waals surface area contributed by atoms with Crippen LogP contribution in [-0.2, 0) is 10.0 Å². The quantitative estimate of drug-likeness (QED) is 0.863. The van der Waals surface area contributed by atoms with Crippen LogP contribution in [0.1, 0.15) is 24.4 Å². The lowest BCUT2D eigenvalue weighted by atomic mass is 10.1. The van der Waals surface area contributed by atoms with Crippen LogP contribution in [-0.4, -0.2) is 40.8 Å². The third kappa shape index (κ3) is 3.42. The minimum absolute atomic E-state index is 0.229. The largest absolute Gasteiger partial charge is 0.249 e. The van der Waals surface area contributed by atoms with E-state index in [1.165, 1.54) is 9.71 Å². The van der Waals surface area contributed by atoms with E-state index in [1.807, 2.05) is 41.2 Å². The fourth-order valence-electron chi connectivity index (χ4n) is 2.59. The van der Waals surface area contributed by atoms with Crippen LogP contribution in [0.25, 0.3) is 6.08 Å². The molecule has 0 saturated carbocycles. The summed E-state index contributed by atoms with van der Waals surface area (Å²) in [5, 5.41) is 9.08. The van der Waals surface area contributed by atoms with Crippen molar-refractivity contribution in [2.24, 2.45) is 0 Å². The third-order valence-corrected chi connectivity index (χ3v) is 5.40. The molecular weight excluding hydrogens is 300 g/mol. The van der Waals surface area contributed by atoms with Crippen molar-refractivity contribution in [2.45, 2.75) is 18.9 Å². The van der Waals surface area contributed by atoms with E-state index < -0.39 is 10.0 Å². The molecule has 3 rings (SSSR count). The molecule has 1 saturated heterocycles. The summed E-state index contributed by atoms with van der Waals surface area (Å²) in [4.78, 5) is 0. The Kier molecular flexibility index (Phi) is 4.35. The first kappa shape index (κ1) is 14.9. The molecule has 7 heteroatoms. The van der Waals surface area contributed by atoms with Gasteiger partial charge in [0.1, 0.15) is 0 Å². The molecule has 0 bridgehead atoms. The number of aromatic nitrogens is 3. The molecule has 1 fully saturated rings. The second-order valence-electron chi connectivity index (χ2n) is 5.27. The van der Waals surface area contributed by atoms with Gasteiger partial charge in [0.25, 0.3) is 0 Å². The fraction of sp³-hybridized carbons (Fsp3) is 0.333. The Morgan fingerprint density at radius 2 is 1.86 bits per heavy atom. The average molecular weight is 318 g/mol. The number of nitrogens with zero attached hydrogens (tertiary/aromatic N) is 4. The molecule has 0 spiro atoms. The van der Waals surface area contributed by atoms with Crippen molar-refractivity contribution in [3.63, 3.8) is 0 Å². The molecule has 6 nitrogen and oxygen atoms in total. The molecule has 0 atom stereocenters. The lowest BCUT2D eigenvalue weighted by Crippen LogP contribution is -2.38. The topological polar surface area (TPSA) is 68.1 Å². The standard InChI is InChI=1S/C15H18N4O2S/c20-22(21,13-8-14-4-2-1-3-5-14)18-10-6-15(7-11-18)19-12-9-16-17-19/h1-5,8-9,12-13,15H,6-7,10-11H2/b13-8+. The lowest BCUT2D eigenvalue weighted by molar-refractivity contribution is 0.260. The van der Waals surface area contributed by atoms with Crippen LogP contribution in [0.5, 0.6) is 0 Å². The van der Waals surface area contributed by atoms with Crippen molar-refractivity contribution in [1.29, 1.82) is 0 Å². The summed E-state index contributed by atoms with van der Waals surface area (Å²) in [5.74, 6) is 0. The van der Waals surface area contributed by atoms with Crippen molar-refractivity contribution >= 4 is 16.1 Å². The SMILES string of the molecule is O=S(=O)(/C=C/c1ccccc1)N1CCC(n2ccnn2)CC1. The van der Waals surface area contributed by atoms with Crippen molar-refractivity contribution in [2.75, 3.05) is 13.1 Å². The van der Waals surface area contributed by atoms with Crippen LogP contribution in [0.4, 0.5) is 0 Å². The van der Waals surface area contributed by atoms with Crippen LogP contribution in [0.2, 0.25) is 0 Å². The molecule has 1 aromatic heterocycles. The van der Waals surface area contributed by atoms with Gasteiger partial charge in [-0.2, -0.15) is 4.31 Å². The number of hydrogen-bond donors (Lipinski definition) is 0. The summed E-state index contributed by atoms with van der Waals surface area (Å²) in [6.07, 6.45) is 6.61. The van der Waals surface area contributed by atoms with Crippen LogP contribution in [0, 0.1) is 0 Å². The highest BCUT2D eigenvalue weighted by Gasteiger charge is 2.27. The smallest absolute Gasteiger partial charge is 0.236 e. The van der Waals surface area contributed by atoms with Crippen LogP contribution < -0.4 is 0 Å². The van der Waals surface area contributed by atoms with Crippen molar-refractivity contribution in [1.82, 2.24) is 19.3 Å². The van der Waals surface area contributed by atoms with E-state index in [-0.39, 0.29) is 6.04 Å². The first-order valence-corrected chi connectivity index (χ1v) is 8.74. The molecule has 0 aliphatic carbocycles. The first-order valence-electron chi connectivity index (χ1n) is 7.24. The molecule has 0 radical (unpaired) electrons. The summed E-state index contributed by atoms with van der Waals surface area (Å²) in [5.41, 5.74) is 0.878. The normalized spacial score (nSPS) is 18.0. The van der Waals surface area contributed by atoms with Gasteiger partial charge >= 0.3 is 0 Å². The van der Waals surface area contributed by atoms with Crippen molar-refractivity contribution in [3.05, 3.63) is 53.7 Å². The molecule has 0 N–H and O–H groups in total. The third-order valence-electron chi connectivity index (χ3n) is 3.83. The zero-order valence-corrected chi connectivity index (χ0v) is 12.9. The molecule has 116 valence electrons. The highest BCUT2D eigenvalue weighted by molar-refractivity contribution is 7.92. The summed E-state index contributed by atoms with van der Waals surface area (Å²) in [7, 11) is -3.37. The summed E-state index contributed by atoms with van der Waals surface area (Å²) < 4.78 is 28.0. The Morgan fingerprint density at radius 1 is 1.14 bits per heavy atom. The Balaban J connectivity index is 1.63. The minimum Gasteiger partial charge on any atom is -0.249 e. The number of hydrogen-bond acceptors (Lipinski definition) is 4. The van der Waals surface area contributed by atoms with E-state index in [9.17, 15) is 8.42 Å². The highest BCUT2D eigenvalue weighted by Crippen LogP contribution is 2.23. The number of rotatable bonds is 4. The van der Waals surface area contributed by atoms with Gasteiger partial charge in [-0.05, 0) is 24.5 Å². The van der Waals surface area contributed by atoms with E-state index in [0.29, 0.717) is 13.1 Å². The van der Waals surface area contributed by atoms with Crippen molar-refractivity contribution in [3.8, 4) is 0 Å². The molecule has 2 aromatic rings. The van der Waals surface area contributed by atoms with Gasteiger partial charge in [-0.15, -0.1) is 5.10 Å². The highest BCUT2D eigenvalue weighted by atomic mass is 32.2. The van der Waals surface area contributed by atoms with Gasteiger partial charge in [0, 0.05) is 24.7 Å². The van der Waals surface area contributed by atoms with Gasteiger partial charge in [-0.1, -0.05) is 35.5 Å². The number of benzene rings is 1. The molecule has 0 amide bonds. The molecule has 1 aliphatic rings. The maximum Gasteiger partial charge on any atom is 0.236 e.